The zero-order valence-corrected chi connectivity index (χ0v) is 33.6. The number of cyclic esters (lactones) is 1. The van der Waals surface area contributed by atoms with Gasteiger partial charge in [0.05, 0.1) is 48.1 Å². The van der Waals surface area contributed by atoms with Gasteiger partial charge in [-0.1, -0.05) is 41.5 Å². The first-order chi connectivity index (χ1) is 23.4. The Morgan fingerprint density at radius 2 is 1.47 bits per heavy atom. The van der Waals surface area contributed by atoms with Crippen LogP contribution in [0.15, 0.2) is 0 Å². The fraction of sp³-hybridized carbons (Fsp3) is 0.974. The lowest BCUT2D eigenvalue weighted by Crippen LogP contribution is -2.60. The van der Waals surface area contributed by atoms with Gasteiger partial charge in [-0.3, -0.25) is 4.79 Å². The van der Waals surface area contributed by atoms with Crippen LogP contribution in [0, 0.1) is 29.1 Å². The first kappa shape index (κ1) is 44.4. The normalized spacial score (nSPS) is 49.3. The van der Waals surface area contributed by atoms with Crippen molar-refractivity contribution in [1.29, 1.82) is 0 Å². The van der Waals surface area contributed by atoms with Gasteiger partial charge in [0.1, 0.15) is 23.9 Å². The third-order valence-corrected chi connectivity index (χ3v) is 12.3. The van der Waals surface area contributed by atoms with Gasteiger partial charge in [0.15, 0.2) is 12.6 Å². The Kier molecular flexibility index (Phi) is 15.0. The highest BCUT2D eigenvalue weighted by molar-refractivity contribution is 5.73. The van der Waals surface area contributed by atoms with E-state index in [1.807, 2.05) is 53.6 Å². The van der Waals surface area contributed by atoms with Crippen LogP contribution in [0.25, 0.3) is 0 Å². The van der Waals surface area contributed by atoms with Gasteiger partial charge in [0.25, 0.3) is 0 Å². The number of carbonyl (C=O) groups is 1. The van der Waals surface area contributed by atoms with E-state index in [-0.39, 0.29) is 30.9 Å². The summed E-state index contributed by atoms with van der Waals surface area (Å²) in [6.45, 7) is 19.9. The summed E-state index contributed by atoms with van der Waals surface area (Å²) in [4.78, 5) is 16.1. The minimum atomic E-state index is -1.87. The van der Waals surface area contributed by atoms with Crippen LogP contribution in [0.5, 0.6) is 0 Å². The maximum atomic E-state index is 14.2. The minimum Gasteiger partial charge on any atom is -0.459 e. The number of hydrogen-bond acceptors (Lipinski definition) is 13. The smallest absolute Gasteiger partial charge is 0.311 e. The van der Waals surface area contributed by atoms with Crippen molar-refractivity contribution >= 4 is 5.97 Å². The predicted molar refractivity (Wildman–Crippen MR) is 190 cm³/mol. The summed E-state index contributed by atoms with van der Waals surface area (Å²) in [6.07, 6.45) is -8.43. The second kappa shape index (κ2) is 17.2. The summed E-state index contributed by atoms with van der Waals surface area (Å²) in [5.41, 5.74) is -3.60. The summed E-state index contributed by atoms with van der Waals surface area (Å²) in [7, 11) is 5.33. The van der Waals surface area contributed by atoms with Crippen molar-refractivity contribution < 1.29 is 58.7 Å². The molecule has 3 saturated heterocycles. The molecule has 3 fully saturated rings. The largest absolute Gasteiger partial charge is 0.459 e. The molecular formula is C38H71NO12. The third-order valence-electron chi connectivity index (χ3n) is 12.3. The van der Waals surface area contributed by atoms with E-state index >= 15 is 0 Å². The lowest BCUT2D eigenvalue weighted by atomic mass is 9.69. The lowest BCUT2D eigenvalue weighted by molar-refractivity contribution is -0.313. The number of aliphatic hydroxyl groups excluding tert-OH is 4. The molecular weight excluding hydrogens is 662 g/mol. The molecule has 5 N–H and O–H groups in total. The van der Waals surface area contributed by atoms with E-state index in [4.69, 9.17) is 28.4 Å². The number of ether oxygens (including phenoxy) is 6. The molecule has 18 atom stereocenters. The van der Waals surface area contributed by atoms with Crippen molar-refractivity contribution in [2.75, 3.05) is 21.2 Å². The molecule has 0 saturated carbocycles. The van der Waals surface area contributed by atoms with Crippen LogP contribution >= 0.6 is 0 Å². The minimum absolute atomic E-state index is 0.168. The van der Waals surface area contributed by atoms with Crippen LogP contribution in [-0.2, 0) is 33.2 Å². The Morgan fingerprint density at radius 3 is 2.02 bits per heavy atom. The van der Waals surface area contributed by atoms with Crippen molar-refractivity contribution in [2.45, 2.75) is 187 Å². The molecule has 51 heavy (non-hydrogen) atoms. The molecule has 3 aliphatic heterocycles. The van der Waals surface area contributed by atoms with Gasteiger partial charge in [-0.15, -0.1) is 0 Å². The predicted octanol–water partition coefficient (Wildman–Crippen LogP) is 2.85. The molecule has 3 aliphatic rings. The number of likely N-dealkylation sites (N-methyl/N-ethyl adjacent to an activating group) is 1. The van der Waals surface area contributed by atoms with Crippen molar-refractivity contribution in [2.24, 2.45) is 29.1 Å². The maximum Gasteiger partial charge on any atom is 0.311 e. The number of hydrogen-bond donors (Lipinski definition) is 5. The Morgan fingerprint density at radius 1 is 0.863 bits per heavy atom. The van der Waals surface area contributed by atoms with Crippen LogP contribution in [0.4, 0.5) is 0 Å². The number of aliphatic hydroxyl groups is 5. The van der Waals surface area contributed by atoms with Crippen molar-refractivity contribution in [3.8, 4) is 0 Å². The maximum absolute atomic E-state index is 14.2. The lowest BCUT2D eigenvalue weighted by Gasteiger charge is -2.50. The van der Waals surface area contributed by atoms with Gasteiger partial charge in [-0.2, -0.15) is 0 Å². The Labute approximate surface area is 306 Å². The van der Waals surface area contributed by atoms with Crippen molar-refractivity contribution in [3.63, 3.8) is 0 Å². The average Bonchev–Trinajstić information content (AvgIpc) is 3.05. The molecule has 3 rings (SSSR count). The second-order valence-corrected chi connectivity index (χ2v) is 17.3. The summed E-state index contributed by atoms with van der Waals surface area (Å²) < 4.78 is 37.8. The number of methoxy groups -OCH3 is 1. The zero-order chi connectivity index (χ0) is 39.0. The summed E-state index contributed by atoms with van der Waals surface area (Å²) in [5, 5.41) is 57.2. The molecule has 0 aromatic carbocycles. The Hall–Kier alpha value is -0.970. The molecule has 300 valence electrons. The molecule has 0 amide bonds. The van der Waals surface area contributed by atoms with Gasteiger partial charge in [-0.05, 0) is 79.3 Å². The average molecular weight is 734 g/mol. The first-order valence-electron chi connectivity index (χ1n) is 18.9. The molecule has 3 heterocycles. The zero-order valence-electron chi connectivity index (χ0n) is 33.6. The first-order valence-corrected chi connectivity index (χ1v) is 18.9. The molecule has 0 radical (unpaired) electrons. The summed E-state index contributed by atoms with van der Waals surface area (Å²) in [6, 6.07) is -0.228. The van der Waals surface area contributed by atoms with E-state index in [1.54, 1.807) is 34.6 Å². The van der Waals surface area contributed by atoms with E-state index in [9.17, 15) is 30.3 Å². The van der Waals surface area contributed by atoms with Crippen LogP contribution in [0.3, 0.4) is 0 Å². The van der Waals surface area contributed by atoms with E-state index in [1.165, 1.54) is 14.0 Å². The topological polar surface area (TPSA) is 177 Å². The Balaban J connectivity index is 2.18. The SMILES string of the molecule is CC[C@H]1OC(=O)[C@H](C)[C@@H](OC2C[C@@](C)(OC)[C@@H](O)[C@H](C)O2)[C@H](C)[C@@H](OC2O[C@H](C)C[C@H](N(C)C)[C@H]2O)C(C)(C)C[C@@H](C)[C@H](O)[C@H](C)[C@@H](O)[C@]1(C)O. The van der Waals surface area contributed by atoms with E-state index in [0.717, 1.165) is 0 Å². The molecule has 0 bridgehead atoms. The van der Waals surface area contributed by atoms with Gasteiger partial charge in [-0.25, -0.2) is 0 Å². The number of esters is 1. The van der Waals surface area contributed by atoms with Gasteiger partial charge in [0, 0.05) is 31.4 Å². The molecule has 0 spiro atoms. The highest BCUT2D eigenvalue weighted by Gasteiger charge is 2.53. The Bertz CT molecular complexity index is 1120. The van der Waals surface area contributed by atoms with Crippen molar-refractivity contribution in [3.05, 3.63) is 0 Å². The van der Waals surface area contributed by atoms with Crippen LogP contribution in [0.1, 0.15) is 102 Å². The third kappa shape index (κ3) is 9.65. The summed E-state index contributed by atoms with van der Waals surface area (Å²) in [5.74, 6) is -3.30. The molecule has 2 unspecified atom stereocenters. The number of rotatable bonds is 7. The molecule has 0 aliphatic carbocycles. The van der Waals surface area contributed by atoms with Crippen LogP contribution in [-0.4, -0.2) is 142 Å². The molecule has 0 aromatic rings. The van der Waals surface area contributed by atoms with Gasteiger partial charge < -0.3 is 58.9 Å². The van der Waals surface area contributed by atoms with E-state index in [2.05, 4.69) is 0 Å². The number of nitrogens with zero attached hydrogens (tertiary/aromatic N) is 1. The standard InChI is InChI=1S/C38H71NO12/c1-15-26-38(11,45)31(42)21(4)28(40)19(2)17-36(8,9)33(51-35-29(41)25(39(12)13)16-20(3)47-35)22(5)30(23(6)34(44)49-26)50-27-18-37(10,46-14)32(43)24(7)48-27/h19-33,35,40-43,45H,15-18H2,1-14H3/t19-,20-,21+,22+,23-,24+,25+,26-,27?,28+,29-,30+,31-,32+,33-,35?,37-,38-/m1/s1. The highest BCUT2D eigenvalue weighted by Crippen LogP contribution is 2.44. The number of carbonyl (C=O) groups excluding carboxylic acids is 1. The van der Waals surface area contributed by atoms with Crippen LogP contribution < -0.4 is 0 Å². The van der Waals surface area contributed by atoms with Crippen LogP contribution in [0.2, 0.25) is 0 Å². The fourth-order valence-electron chi connectivity index (χ4n) is 8.95. The van der Waals surface area contributed by atoms with E-state index in [0.29, 0.717) is 12.8 Å². The monoisotopic (exact) mass is 733 g/mol. The molecule has 13 heteroatoms. The quantitative estimate of drug-likeness (QED) is 0.242. The highest BCUT2D eigenvalue weighted by atomic mass is 16.7. The fourth-order valence-corrected chi connectivity index (χ4v) is 8.95. The van der Waals surface area contributed by atoms with Crippen molar-refractivity contribution in [1.82, 2.24) is 4.90 Å². The van der Waals surface area contributed by atoms with Gasteiger partial charge >= 0.3 is 5.97 Å². The summed E-state index contributed by atoms with van der Waals surface area (Å²) >= 11 is 0. The van der Waals surface area contributed by atoms with Gasteiger partial charge in [0.2, 0.25) is 0 Å². The molecule has 0 aromatic heterocycles. The van der Waals surface area contributed by atoms with E-state index < -0.39 is 102 Å². The second-order valence-electron chi connectivity index (χ2n) is 17.3. The molecule has 13 nitrogen and oxygen atoms in total.